The van der Waals surface area contributed by atoms with Gasteiger partial charge in [-0.05, 0) is 19.3 Å². The molecule has 0 spiro atoms. The van der Waals surface area contributed by atoms with E-state index in [0.717, 1.165) is 18.0 Å². The highest BCUT2D eigenvalue weighted by Gasteiger charge is 2.51. The standard InChI is InChI=1S/C12H18O4SSi/c1-18(11-7-3-2-4-8-11)12(17(13,14)15)9-5-6-10-16-12/h2-4,7-8,18H,5-6,9-10H2,1H3,(H,13,14,15). The summed E-state index contributed by atoms with van der Waals surface area (Å²) in [7, 11) is -6.16. The van der Waals surface area contributed by atoms with Crippen LogP contribution in [0.25, 0.3) is 0 Å². The van der Waals surface area contributed by atoms with Crippen molar-refractivity contribution in [3.8, 4) is 0 Å². The van der Waals surface area contributed by atoms with Gasteiger partial charge in [0.25, 0.3) is 10.1 Å². The van der Waals surface area contributed by atoms with Crippen molar-refractivity contribution in [1.29, 1.82) is 0 Å². The van der Waals surface area contributed by atoms with Gasteiger partial charge in [-0.2, -0.15) is 8.42 Å². The van der Waals surface area contributed by atoms with Crippen molar-refractivity contribution in [2.24, 2.45) is 0 Å². The predicted molar refractivity (Wildman–Crippen MR) is 73.2 cm³/mol. The van der Waals surface area contributed by atoms with Crippen molar-refractivity contribution < 1.29 is 17.7 Å². The quantitative estimate of drug-likeness (QED) is 0.667. The largest absolute Gasteiger partial charge is 0.360 e. The Bertz CT molecular complexity index is 494. The summed E-state index contributed by atoms with van der Waals surface area (Å²) in [4.78, 5) is 0. The molecule has 1 N–H and O–H groups in total. The van der Waals surface area contributed by atoms with Gasteiger partial charge in [-0.1, -0.05) is 42.1 Å². The number of benzene rings is 1. The van der Waals surface area contributed by atoms with Crippen LogP contribution in [0.4, 0.5) is 0 Å². The molecule has 0 aromatic heterocycles. The summed E-state index contributed by atoms with van der Waals surface area (Å²) in [5.74, 6) is 0. The zero-order chi connectivity index (χ0) is 13.2. The SMILES string of the molecule is C[SiH](c1ccccc1)C1(S(=O)(=O)O)CCCCO1. The fourth-order valence-electron chi connectivity index (χ4n) is 2.55. The van der Waals surface area contributed by atoms with Crippen molar-refractivity contribution in [3.05, 3.63) is 30.3 Å². The van der Waals surface area contributed by atoms with Gasteiger partial charge in [-0.25, -0.2) is 0 Å². The van der Waals surface area contributed by atoms with Crippen molar-refractivity contribution in [1.82, 2.24) is 0 Å². The van der Waals surface area contributed by atoms with Gasteiger partial charge in [0, 0.05) is 6.61 Å². The lowest BCUT2D eigenvalue weighted by Crippen LogP contribution is -2.59. The average Bonchev–Trinajstić information content (AvgIpc) is 2.38. The minimum atomic E-state index is -4.20. The van der Waals surface area contributed by atoms with E-state index >= 15 is 0 Å². The fourth-order valence-corrected chi connectivity index (χ4v) is 7.70. The topological polar surface area (TPSA) is 63.6 Å². The lowest BCUT2D eigenvalue weighted by Gasteiger charge is -2.38. The van der Waals surface area contributed by atoms with E-state index in [-0.39, 0.29) is 0 Å². The molecule has 1 aromatic carbocycles. The van der Waals surface area contributed by atoms with E-state index in [0.29, 0.717) is 13.0 Å². The highest BCUT2D eigenvalue weighted by Crippen LogP contribution is 2.32. The molecular formula is C12H18O4SSi. The number of ether oxygens (including phenoxy) is 1. The van der Waals surface area contributed by atoms with Crippen molar-refractivity contribution in [2.45, 2.75) is 30.4 Å². The van der Waals surface area contributed by atoms with Crippen LogP contribution < -0.4 is 5.19 Å². The first-order chi connectivity index (χ1) is 8.47. The molecule has 1 fully saturated rings. The molecule has 0 saturated carbocycles. The Morgan fingerprint density at radius 3 is 2.44 bits per heavy atom. The van der Waals surface area contributed by atoms with Crippen molar-refractivity contribution >= 4 is 24.1 Å². The number of hydrogen-bond donors (Lipinski definition) is 1. The average molecular weight is 286 g/mol. The first-order valence-corrected chi connectivity index (χ1v) is 9.88. The third-order valence-electron chi connectivity index (χ3n) is 3.66. The molecule has 2 atom stereocenters. The van der Waals surface area contributed by atoms with Crippen LogP contribution in [-0.2, 0) is 14.9 Å². The highest BCUT2D eigenvalue weighted by molar-refractivity contribution is 7.89. The Morgan fingerprint density at radius 1 is 1.28 bits per heavy atom. The molecule has 0 bridgehead atoms. The predicted octanol–water partition coefficient (Wildman–Crippen LogP) is 1.07. The second-order valence-corrected chi connectivity index (χ2v) is 9.83. The second kappa shape index (κ2) is 5.12. The lowest BCUT2D eigenvalue weighted by molar-refractivity contribution is 0.0277. The maximum atomic E-state index is 11.8. The summed E-state index contributed by atoms with van der Waals surface area (Å²) in [5, 5.41) is 0.997. The minimum Gasteiger partial charge on any atom is -0.360 e. The summed E-state index contributed by atoms with van der Waals surface area (Å²) in [6.07, 6.45) is 2.03. The van der Waals surface area contributed by atoms with E-state index in [1.54, 1.807) is 0 Å². The molecule has 0 radical (unpaired) electrons. The molecule has 1 aliphatic heterocycles. The highest BCUT2D eigenvalue weighted by atomic mass is 32.2. The van der Waals surface area contributed by atoms with Gasteiger partial charge in [0.1, 0.15) is 8.80 Å². The van der Waals surface area contributed by atoms with Crippen molar-refractivity contribution in [3.63, 3.8) is 0 Å². The van der Waals surface area contributed by atoms with Gasteiger partial charge in [0.15, 0.2) is 4.56 Å². The van der Waals surface area contributed by atoms with Gasteiger partial charge in [-0.15, -0.1) is 0 Å². The summed E-state index contributed by atoms with van der Waals surface area (Å²) in [6.45, 7) is 2.33. The molecule has 0 aliphatic carbocycles. The summed E-state index contributed by atoms with van der Waals surface area (Å²) >= 11 is 0. The first kappa shape index (κ1) is 13.7. The van der Waals surface area contributed by atoms with Gasteiger partial charge in [-0.3, -0.25) is 4.55 Å². The van der Waals surface area contributed by atoms with E-state index in [1.807, 2.05) is 36.9 Å². The van der Waals surface area contributed by atoms with E-state index in [2.05, 4.69) is 0 Å². The zero-order valence-electron chi connectivity index (χ0n) is 10.4. The Kier molecular flexibility index (Phi) is 3.91. The Labute approximate surface area is 109 Å². The molecule has 100 valence electrons. The molecule has 1 heterocycles. The summed E-state index contributed by atoms with van der Waals surface area (Å²) in [5.41, 5.74) is 0. The van der Waals surface area contributed by atoms with E-state index in [9.17, 15) is 13.0 Å². The second-order valence-electron chi connectivity index (χ2n) is 4.72. The molecule has 6 heteroatoms. The fraction of sp³-hybridized carbons (Fsp3) is 0.500. The van der Waals surface area contributed by atoms with Crippen LogP contribution in [0.15, 0.2) is 30.3 Å². The molecule has 0 amide bonds. The maximum absolute atomic E-state index is 11.8. The van der Waals surface area contributed by atoms with Gasteiger partial charge in [0.2, 0.25) is 0 Å². The van der Waals surface area contributed by atoms with Gasteiger partial charge >= 0.3 is 0 Å². The van der Waals surface area contributed by atoms with Crippen LogP contribution in [-0.4, -0.2) is 32.9 Å². The van der Waals surface area contributed by atoms with Crippen LogP contribution >= 0.6 is 0 Å². The summed E-state index contributed by atoms with van der Waals surface area (Å²) < 4.78 is 37.4. The van der Waals surface area contributed by atoms with Gasteiger partial charge in [0.05, 0.1) is 0 Å². The molecule has 18 heavy (non-hydrogen) atoms. The molecule has 1 saturated heterocycles. The van der Waals surface area contributed by atoms with Crippen LogP contribution in [0, 0.1) is 0 Å². The molecule has 2 unspecified atom stereocenters. The molecule has 4 nitrogen and oxygen atoms in total. The normalized spacial score (nSPS) is 26.8. The smallest absolute Gasteiger partial charge is 0.291 e. The van der Waals surface area contributed by atoms with Crippen LogP contribution in [0.1, 0.15) is 19.3 Å². The third-order valence-corrected chi connectivity index (χ3v) is 9.97. The van der Waals surface area contributed by atoms with Crippen LogP contribution in [0.3, 0.4) is 0 Å². The summed E-state index contributed by atoms with van der Waals surface area (Å²) in [6, 6.07) is 9.51. The van der Waals surface area contributed by atoms with E-state index in [4.69, 9.17) is 4.74 Å². The van der Waals surface area contributed by atoms with Crippen LogP contribution in [0.2, 0.25) is 6.55 Å². The number of rotatable bonds is 3. The molecular weight excluding hydrogens is 268 g/mol. The maximum Gasteiger partial charge on any atom is 0.291 e. The van der Waals surface area contributed by atoms with Gasteiger partial charge < -0.3 is 4.74 Å². The Balaban J connectivity index is 2.42. The number of hydrogen-bond acceptors (Lipinski definition) is 3. The molecule has 1 aliphatic rings. The lowest BCUT2D eigenvalue weighted by atomic mass is 10.2. The zero-order valence-corrected chi connectivity index (χ0v) is 12.3. The Hall–Kier alpha value is -0.693. The monoisotopic (exact) mass is 286 g/mol. The van der Waals surface area contributed by atoms with E-state index < -0.39 is 23.5 Å². The van der Waals surface area contributed by atoms with E-state index in [1.165, 1.54) is 0 Å². The molecule has 1 aromatic rings. The Morgan fingerprint density at radius 2 is 1.94 bits per heavy atom. The first-order valence-electron chi connectivity index (χ1n) is 6.13. The van der Waals surface area contributed by atoms with Crippen molar-refractivity contribution in [2.75, 3.05) is 6.61 Å². The van der Waals surface area contributed by atoms with Crippen LogP contribution in [0.5, 0.6) is 0 Å². The minimum absolute atomic E-state index is 0.397. The third kappa shape index (κ3) is 2.38. The molecule has 2 rings (SSSR count).